The molecule has 0 fully saturated rings. The Morgan fingerprint density at radius 3 is 2.57 bits per heavy atom. The molecular formula is C15H20N2O4. The fourth-order valence-corrected chi connectivity index (χ4v) is 1.82. The van der Waals surface area contributed by atoms with E-state index in [9.17, 15) is 14.7 Å². The lowest BCUT2D eigenvalue weighted by molar-refractivity contribution is -0.145. The minimum absolute atomic E-state index is 0.123. The van der Waals surface area contributed by atoms with Crippen LogP contribution in [0.25, 0.3) is 0 Å². The van der Waals surface area contributed by atoms with Gasteiger partial charge in [-0.25, -0.2) is 5.43 Å². The highest BCUT2D eigenvalue weighted by Gasteiger charge is 2.21. The number of nitrogens with zero attached hydrogens (tertiary/aromatic N) is 1. The lowest BCUT2D eigenvalue weighted by Gasteiger charge is -2.13. The summed E-state index contributed by atoms with van der Waals surface area (Å²) in [5, 5.41) is 13.5. The Labute approximate surface area is 123 Å². The fraction of sp³-hybridized carbons (Fsp3) is 0.400. The van der Waals surface area contributed by atoms with E-state index in [4.69, 9.17) is 4.74 Å². The van der Waals surface area contributed by atoms with Gasteiger partial charge in [-0.05, 0) is 32.4 Å². The summed E-state index contributed by atoms with van der Waals surface area (Å²) < 4.78 is 4.95. The molecule has 6 heteroatoms. The molecule has 1 aromatic carbocycles. The molecule has 1 atom stereocenters. The number of hydrazone groups is 1. The molecule has 0 radical (unpaired) electrons. The van der Waals surface area contributed by atoms with Gasteiger partial charge in [-0.2, -0.15) is 5.10 Å². The average Bonchev–Trinajstić information content (AvgIpc) is 2.46. The van der Waals surface area contributed by atoms with Crippen molar-refractivity contribution in [2.24, 2.45) is 11.0 Å². The van der Waals surface area contributed by atoms with E-state index in [2.05, 4.69) is 10.5 Å². The van der Waals surface area contributed by atoms with E-state index in [1.807, 2.05) is 6.92 Å². The Morgan fingerprint density at radius 2 is 2.00 bits per heavy atom. The second-order valence-electron chi connectivity index (χ2n) is 4.42. The summed E-state index contributed by atoms with van der Waals surface area (Å²) in [5.41, 5.74) is 2.91. The summed E-state index contributed by atoms with van der Waals surface area (Å²) in [6.45, 7) is 5.52. The van der Waals surface area contributed by atoms with Gasteiger partial charge in [0.2, 0.25) is 0 Å². The fourth-order valence-electron chi connectivity index (χ4n) is 1.82. The highest BCUT2D eigenvalue weighted by atomic mass is 16.5. The maximum absolute atomic E-state index is 11.9. The number of para-hydroxylation sites is 1. The lowest BCUT2D eigenvalue weighted by Crippen LogP contribution is -2.27. The minimum atomic E-state index is -0.536. The van der Waals surface area contributed by atoms with E-state index in [0.717, 1.165) is 0 Å². The van der Waals surface area contributed by atoms with Crippen molar-refractivity contribution in [3.8, 4) is 5.75 Å². The first kappa shape index (κ1) is 16.7. The maximum atomic E-state index is 11.9. The van der Waals surface area contributed by atoms with Gasteiger partial charge in [-0.1, -0.05) is 19.1 Å². The average molecular weight is 292 g/mol. The molecule has 0 saturated carbocycles. The molecule has 0 aromatic heterocycles. The molecule has 2 N–H and O–H groups in total. The molecule has 21 heavy (non-hydrogen) atoms. The van der Waals surface area contributed by atoms with Gasteiger partial charge < -0.3 is 9.84 Å². The molecule has 0 saturated heterocycles. The third-order valence-corrected chi connectivity index (χ3v) is 2.97. The predicted octanol–water partition coefficient (Wildman–Crippen LogP) is 2.09. The van der Waals surface area contributed by atoms with Crippen LogP contribution in [0.3, 0.4) is 0 Å². The molecule has 1 amide bonds. The highest BCUT2D eigenvalue weighted by molar-refractivity contribution is 6.02. The van der Waals surface area contributed by atoms with E-state index in [-0.39, 0.29) is 17.3 Å². The topological polar surface area (TPSA) is 88.0 Å². The highest BCUT2D eigenvalue weighted by Crippen LogP contribution is 2.15. The molecule has 114 valence electrons. The second kappa shape index (κ2) is 8.04. The van der Waals surface area contributed by atoms with Gasteiger partial charge in [0.15, 0.2) is 0 Å². The van der Waals surface area contributed by atoms with Gasteiger partial charge in [0.25, 0.3) is 5.91 Å². The maximum Gasteiger partial charge on any atom is 0.314 e. The normalized spacial score (nSPS) is 12.6. The van der Waals surface area contributed by atoms with E-state index in [0.29, 0.717) is 18.7 Å². The predicted molar refractivity (Wildman–Crippen MR) is 79.1 cm³/mol. The van der Waals surface area contributed by atoms with Gasteiger partial charge in [0.1, 0.15) is 5.75 Å². The first-order valence-corrected chi connectivity index (χ1v) is 6.80. The van der Waals surface area contributed by atoms with Crippen LogP contribution in [0, 0.1) is 5.92 Å². The number of carbonyl (C=O) groups excluding carboxylic acids is 2. The van der Waals surface area contributed by atoms with Crippen molar-refractivity contribution < 1.29 is 19.4 Å². The number of hydrogen-bond acceptors (Lipinski definition) is 5. The van der Waals surface area contributed by atoms with Crippen LogP contribution in [0.4, 0.5) is 0 Å². The molecule has 6 nitrogen and oxygen atoms in total. The zero-order valence-electron chi connectivity index (χ0n) is 12.4. The number of phenolic OH excluding ortho intramolecular Hbond substituents is 1. The van der Waals surface area contributed by atoms with Crippen LogP contribution in [0.5, 0.6) is 5.75 Å². The Kier molecular flexibility index (Phi) is 6.39. The Balaban J connectivity index is 2.76. The molecule has 0 aliphatic carbocycles. The van der Waals surface area contributed by atoms with Crippen molar-refractivity contribution >= 4 is 17.6 Å². The molecule has 0 bridgehead atoms. The van der Waals surface area contributed by atoms with Crippen LogP contribution >= 0.6 is 0 Å². The number of phenols is 1. The zero-order valence-corrected chi connectivity index (χ0v) is 12.4. The number of benzene rings is 1. The van der Waals surface area contributed by atoms with E-state index < -0.39 is 11.8 Å². The SMILES string of the molecule is CCOC(=O)[C@H](CC)C(C)=NNC(=O)c1ccccc1O. The van der Waals surface area contributed by atoms with E-state index >= 15 is 0 Å². The smallest absolute Gasteiger partial charge is 0.314 e. The Hall–Kier alpha value is -2.37. The summed E-state index contributed by atoms with van der Waals surface area (Å²) in [5.74, 6) is -1.51. The summed E-state index contributed by atoms with van der Waals surface area (Å²) >= 11 is 0. The van der Waals surface area contributed by atoms with Crippen LogP contribution in [-0.4, -0.2) is 29.3 Å². The molecule has 1 aromatic rings. The van der Waals surface area contributed by atoms with Crippen LogP contribution < -0.4 is 5.43 Å². The van der Waals surface area contributed by atoms with Crippen molar-refractivity contribution in [2.75, 3.05) is 6.61 Å². The molecule has 0 unspecified atom stereocenters. The lowest BCUT2D eigenvalue weighted by atomic mass is 10.0. The first-order valence-electron chi connectivity index (χ1n) is 6.80. The van der Waals surface area contributed by atoms with Crippen molar-refractivity contribution in [1.82, 2.24) is 5.43 Å². The summed E-state index contributed by atoms with van der Waals surface area (Å²) in [6.07, 6.45) is 0.528. The number of carbonyl (C=O) groups is 2. The second-order valence-corrected chi connectivity index (χ2v) is 4.42. The summed E-state index contributed by atoms with van der Waals surface area (Å²) in [4.78, 5) is 23.6. The Morgan fingerprint density at radius 1 is 1.33 bits per heavy atom. The molecule has 1 rings (SSSR count). The van der Waals surface area contributed by atoms with Gasteiger partial charge in [0.05, 0.1) is 18.1 Å². The number of nitrogens with one attached hydrogen (secondary N) is 1. The quantitative estimate of drug-likeness (QED) is 0.477. The molecular weight excluding hydrogens is 272 g/mol. The van der Waals surface area contributed by atoms with Crippen molar-refractivity contribution in [3.05, 3.63) is 29.8 Å². The number of esters is 1. The van der Waals surface area contributed by atoms with Gasteiger partial charge in [-0.15, -0.1) is 0 Å². The monoisotopic (exact) mass is 292 g/mol. The molecule has 0 aliphatic heterocycles. The third kappa shape index (κ3) is 4.59. The summed E-state index contributed by atoms with van der Waals surface area (Å²) in [6, 6.07) is 6.16. The van der Waals surface area contributed by atoms with Crippen LogP contribution in [0.2, 0.25) is 0 Å². The van der Waals surface area contributed by atoms with E-state index in [1.165, 1.54) is 12.1 Å². The van der Waals surface area contributed by atoms with Crippen molar-refractivity contribution in [2.45, 2.75) is 27.2 Å². The Bertz CT molecular complexity index is 540. The third-order valence-electron chi connectivity index (χ3n) is 2.97. The minimum Gasteiger partial charge on any atom is -0.507 e. The van der Waals surface area contributed by atoms with Crippen LogP contribution in [0.15, 0.2) is 29.4 Å². The number of rotatable bonds is 6. The van der Waals surface area contributed by atoms with Crippen LogP contribution in [-0.2, 0) is 9.53 Å². The number of amides is 1. The standard InChI is InChI=1S/C15H20N2O4/c1-4-11(15(20)21-5-2)10(3)16-17-14(19)12-8-6-7-9-13(12)18/h6-9,11,18H,4-5H2,1-3H3,(H,17,19)/t11-/m1/s1. The van der Waals surface area contributed by atoms with E-state index in [1.54, 1.807) is 26.0 Å². The molecule has 0 aliphatic rings. The van der Waals surface area contributed by atoms with Crippen molar-refractivity contribution in [3.63, 3.8) is 0 Å². The summed E-state index contributed by atoms with van der Waals surface area (Å²) in [7, 11) is 0. The number of aromatic hydroxyl groups is 1. The largest absolute Gasteiger partial charge is 0.507 e. The first-order chi connectivity index (χ1) is 10.0. The molecule has 0 heterocycles. The van der Waals surface area contributed by atoms with Crippen molar-refractivity contribution in [1.29, 1.82) is 0 Å². The number of ether oxygens (including phenoxy) is 1. The van der Waals surface area contributed by atoms with Gasteiger partial charge in [0, 0.05) is 5.71 Å². The zero-order chi connectivity index (χ0) is 15.8. The van der Waals surface area contributed by atoms with Gasteiger partial charge in [-0.3, -0.25) is 9.59 Å². The van der Waals surface area contributed by atoms with Gasteiger partial charge >= 0.3 is 5.97 Å². The molecule has 0 spiro atoms. The number of hydrogen-bond donors (Lipinski definition) is 2. The van der Waals surface area contributed by atoms with Crippen LogP contribution in [0.1, 0.15) is 37.6 Å².